The van der Waals surface area contributed by atoms with Gasteiger partial charge in [0.1, 0.15) is 6.10 Å². The Morgan fingerprint density at radius 3 is 2.64 bits per heavy atom. The molecule has 1 rings (SSSR count). The molecule has 0 saturated carbocycles. The molecule has 5 heteroatoms. The van der Waals surface area contributed by atoms with Crippen LogP contribution in [-0.2, 0) is 14.3 Å². The standard InChI is InChI=1S/C6H8O5/c7-3-1-2-11-6(10)5(9)4(3)8/h3-4,7-8H,1-2H2. The lowest BCUT2D eigenvalue weighted by Crippen LogP contribution is -2.35. The molecule has 62 valence electrons. The molecule has 1 heterocycles. The molecule has 1 aliphatic heterocycles. The Hall–Kier alpha value is -0.940. The van der Waals surface area contributed by atoms with Crippen molar-refractivity contribution in [1.82, 2.24) is 0 Å². The van der Waals surface area contributed by atoms with Crippen LogP contribution in [0.1, 0.15) is 6.42 Å². The molecule has 0 aliphatic carbocycles. The number of ketones is 1. The maximum Gasteiger partial charge on any atom is 0.377 e. The maximum absolute atomic E-state index is 10.7. The van der Waals surface area contributed by atoms with E-state index >= 15 is 0 Å². The Morgan fingerprint density at radius 2 is 2.00 bits per heavy atom. The van der Waals surface area contributed by atoms with Gasteiger partial charge >= 0.3 is 5.97 Å². The van der Waals surface area contributed by atoms with E-state index in [1.54, 1.807) is 0 Å². The van der Waals surface area contributed by atoms with E-state index in [2.05, 4.69) is 4.74 Å². The molecule has 0 radical (unpaired) electrons. The van der Waals surface area contributed by atoms with Crippen molar-refractivity contribution >= 4 is 11.8 Å². The van der Waals surface area contributed by atoms with Crippen molar-refractivity contribution in [2.24, 2.45) is 0 Å². The molecule has 2 unspecified atom stereocenters. The Morgan fingerprint density at radius 1 is 1.36 bits per heavy atom. The maximum atomic E-state index is 10.7. The summed E-state index contributed by atoms with van der Waals surface area (Å²) in [5.41, 5.74) is 0. The lowest BCUT2D eigenvalue weighted by atomic mass is 10.1. The Labute approximate surface area is 62.6 Å². The smallest absolute Gasteiger partial charge is 0.377 e. The number of esters is 1. The first-order valence-corrected chi connectivity index (χ1v) is 3.20. The molecule has 2 N–H and O–H groups in total. The lowest BCUT2D eigenvalue weighted by molar-refractivity contribution is -0.156. The third-order valence-electron chi connectivity index (χ3n) is 1.48. The van der Waals surface area contributed by atoms with Gasteiger partial charge in [-0.15, -0.1) is 0 Å². The zero-order valence-corrected chi connectivity index (χ0v) is 5.69. The lowest BCUT2D eigenvalue weighted by Gasteiger charge is -2.08. The number of carbonyl (C=O) groups is 2. The fraction of sp³-hybridized carbons (Fsp3) is 0.667. The van der Waals surface area contributed by atoms with Gasteiger partial charge in [-0.3, -0.25) is 4.79 Å². The monoisotopic (exact) mass is 160 g/mol. The number of aliphatic hydroxyl groups excluding tert-OH is 2. The minimum atomic E-state index is -1.62. The van der Waals surface area contributed by atoms with Crippen molar-refractivity contribution in [3.8, 4) is 0 Å². The van der Waals surface area contributed by atoms with E-state index < -0.39 is 24.0 Å². The second-order valence-electron chi connectivity index (χ2n) is 2.30. The molecule has 1 saturated heterocycles. The second-order valence-corrected chi connectivity index (χ2v) is 2.30. The molecule has 0 aromatic rings. The molecule has 0 bridgehead atoms. The quantitative estimate of drug-likeness (QED) is 0.323. The number of rotatable bonds is 0. The van der Waals surface area contributed by atoms with E-state index in [1.807, 2.05) is 0 Å². The zero-order chi connectivity index (χ0) is 8.43. The average molecular weight is 160 g/mol. The number of Topliss-reactive ketones (excluding diaryl/α,β-unsaturated/α-hetero) is 1. The summed E-state index contributed by atoms with van der Waals surface area (Å²) < 4.78 is 4.35. The summed E-state index contributed by atoms with van der Waals surface area (Å²) in [7, 11) is 0. The molecular weight excluding hydrogens is 152 g/mol. The SMILES string of the molecule is O=C1OCCC(O)C(O)C1=O. The molecule has 0 aromatic carbocycles. The largest absolute Gasteiger partial charge is 0.460 e. The van der Waals surface area contributed by atoms with Crippen LogP contribution in [0.15, 0.2) is 0 Å². The van der Waals surface area contributed by atoms with Crippen molar-refractivity contribution in [2.75, 3.05) is 6.61 Å². The van der Waals surface area contributed by atoms with E-state index in [0.717, 1.165) is 0 Å². The predicted octanol–water partition coefficient (Wildman–Crippen LogP) is -1.78. The summed E-state index contributed by atoms with van der Waals surface area (Å²) in [6, 6.07) is 0. The van der Waals surface area contributed by atoms with E-state index in [1.165, 1.54) is 0 Å². The molecule has 0 amide bonds. The molecular formula is C6H8O5. The number of hydrogen-bond acceptors (Lipinski definition) is 5. The minimum Gasteiger partial charge on any atom is -0.460 e. The molecule has 11 heavy (non-hydrogen) atoms. The van der Waals surface area contributed by atoms with Gasteiger partial charge in [0.2, 0.25) is 0 Å². The fourth-order valence-corrected chi connectivity index (χ4v) is 0.797. The van der Waals surface area contributed by atoms with Crippen LogP contribution in [0, 0.1) is 0 Å². The minimum absolute atomic E-state index is 0.0250. The van der Waals surface area contributed by atoms with E-state index in [-0.39, 0.29) is 13.0 Å². The van der Waals surface area contributed by atoms with Crippen LogP contribution in [0.25, 0.3) is 0 Å². The van der Waals surface area contributed by atoms with Crippen LogP contribution < -0.4 is 0 Å². The fourth-order valence-electron chi connectivity index (χ4n) is 0.797. The average Bonchev–Trinajstić information content (AvgIpc) is 2.07. The molecule has 1 aliphatic rings. The number of ether oxygens (including phenoxy) is 1. The van der Waals surface area contributed by atoms with Gasteiger partial charge < -0.3 is 14.9 Å². The van der Waals surface area contributed by atoms with Crippen molar-refractivity contribution < 1.29 is 24.5 Å². The van der Waals surface area contributed by atoms with Gasteiger partial charge in [0.25, 0.3) is 5.78 Å². The highest BCUT2D eigenvalue weighted by molar-refractivity contribution is 6.35. The second kappa shape index (κ2) is 2.98. The van der Waals surface area contributed by atoms with Crippen LogP contribution in [0.4, 0.5) is 0 Å². The zero-order valence-electron chi connectivity index (χ0n) is 5.69. The highest BCUT2D eigenvalue weighted by Crippen LogP contribution is 2.06. The van der Waals surface area contributed by atoms with Gasteiger partial charge in [-0.25, -0.2) is 4.79 Å². The van der Waals surface area contributed by atoms with Crippen LogP contribution in [-0.4, -0.2) is 40.8 Å². The number of carbonyl (C=O) groups excluding carboxylic acids is 2. The first-order chi connectivity index (χ1) is 5.13. The Balaban J connectivity index is 2.73. The van der Waals surface area contributed by atoms with Gasteiger partial charge in [0.05, 0.1) is 12.7 Å². The summed E-state index contributed by atoms with van der Waals surface area (Å²) in [4.78, 5) is 21.2. The van der Waals surface area contributed by atoms with E-state index in [0.29, 0.717) is 0 Å². The molecule has 2 atom stereocenters. The predicted molar refractivity (Wildman–Crippen MR) is 32.6 cm³/mol. The highest BCUT2D eigenvalue weighted by atomic mass is 16.5. The van der Waals surface area contributed by atoms with Crippen LogP contribution in [0.2, 0.25) is 0 Å². The topological polar surface area (TPSA) is 83.8 Å². The molecule has 1 fully saturated rings. The molecule has 5 nitrogen and oxygen atoms in total. The van der Waals surface area contributed by atoms with Crippen molar-refractivity contribution in [2.45, 2.75) is 18.6 Å². The van der Waals surface area contributed by atoms with Gasteiger partial charge in [-0.2, -0.15) is 0 Å². The summed E-state index contributed by atoms with van der Waals surface area (Å²) in [6.45, 7) is -0.0250. The van der Waals surface area contributed by atoms with E-state index in [9.17, 15) is 9.59 Å². The highest BCUT2D eigenvalue weighted by Gasteiger charge is 2.33. The van der Waals surface area contributed by atoms with Crippen LogP contribution >= 0.6 is 0 Å². The van der Waals surface area contributed by atoms with Gasteiger partial charge in [0, 0.05) is 6.42 Å². The summed E-state index contributed by atoms with van der Waals surface area (Å²) >= 11 is 0. The van der Waals surface area contributed by atoms with Crippen molar-refractivity contribution in [3.05, 3.63) is 0 Å². The third-order valence-corrected chi connectivity index (χ3v) is 1.48. The summed E-state index contributed by atoms with van der Waals surface area (Å²) in [5, 5.41) is 17.8. The number of hydrogen-bond donors (Lipinski definition) is 2. The first kappa shape index (κ1) is 8.16. The molecule has 0 spiro atoms. The number of cyclic esters (lactones) is 1. The van der Waals surface area contributed by atoms with Gasteiger partial charge in [-0.1, -0.05) is 0 Å². The first-order valence-electron chi connectivity index (χ1n) is 3.20. The third kappa shape index (κ3) is 1.55. The van der Waals surface area contributed by atoms with Crippen molar-refractivity contribution in [3.63, 3.8) is 0 Å². The molecule has 0 aromatic heterocycles. The van der Waals surface area contributed by atoms with E-state index in [4.69, 9.17) is 10.2 Å². The van der Waals surface area contributed by atoms with Crippen molar-refractivity contribution in [1.29, 1.82) is 0 Å². The van der Waals surface area contributed by atoms with Crippen LogP contribution in [0.5, 0.6) is 0 Å². The Bertz CT molecular complexity index is 187. The van der Waals surface area contributed by atoms with Gasteiger partial charge in [0.15, 0.2) is 0 Å². The normalized spacial score (nSPS) is 32.9. The summed E-state index contributed by atoms with van der Waals surface area (Å²) in [5.74, 6) is -2.15. The number of aliphatic hydroxyl groups is 2. The van der Waals surface area contributed by atoms with Gasteiger partial charge in [-0.05, 0) is 0 Å². The van der Waals surface area contributed by atoms with Crippen LogP contribution in [0.3, 0.4) is 0 Å². The summed E-state index contributed by atoms with van der Waals surface area (Å²) in [6.07, 6.45) is -2.71. The Kier molecular flexibility index (Phi) is 2.21.